The van der Waals surface area contributed by atoms with Gasteiger partial charge in [0.25, 0.3) is 5.91 Å². The molecule has 1 amide bonds. The number of nitrogens with zero attached hydrogens (tertiary/aromatic N) is 4. The minimum Gasteiger partial charge on any atom is -0.387 e. The van der Waals surface area contributed by atoms with Crippen LogP contribution in [0.1, 0.15) is 61.8 Å². The summed E-state index contributed by atoms with van der Waals surface area (Å²) in [7, 11) is 0. The number of hydrogen-bond acceptors (Lipinski definition) is 6. The number of nitrogens with one attached hydrogen (secondary N) is 1. The smallest absolute Gasteiger partial charge is 0.291 e. The molecule has 3 aromatic rings. The number of aryl methyl sites for hydroxylation is 1. The number of rotatable bonds is 5. The molecule has 3 aliphatic heterocycles. The Labute approximate surface area is 205 Å². The first-order chi connectivity index (χ1) is 16.5. The van der Waals surface area contributed by atoms with Gasteiger partial charge < -0.3 is 20.1 Å². The molecular weight excluding hydrogens is 442 g/mol. The third-order valence-corrected chi connectivity index (χ3v) is 8.48. The Kier molecular flexibility index (Phi) is 4.67. The zero-order valence-electron chi connectivity index (χ0n) is 20.8. The van der Waals surface area contributed by atoms with Gasteiger partial charge >= 0.3 is 0 Å². The van der Waals surface area contributed by atoms with Gasteiger partial charge in [0.05, 0.1) is 29.6 Å². The highest BCUT2D eigenvalue weighted by Gasteiger charge is 2.68. The summed E-state index contributed by atoms with van der Waals surface area (Å²) in [4.78, 5) is 20.0. The van der Waals surface area contributed by atoms with Crippen LogP contribution in [0.3, 0.4) is 0 Å². The van der Waals surface area contributed by atoms with Crippen LogP contribution in [0.4, 0.5) is 5.69 Å². The zero-order chi connectivity index (χ0) is 24.6. The number of pyridine rings is 1. The van der Waals surface area contributed by atoms with E-state index in [0.29, 0.717) is 25.1 Å². The molecule has 2 N–H and O–H groups in total. The molecule has 0 spiro atoms. The van der Waals surface area contributed by atoms with E-state index in [1.54, 1.807) is 18.4 Å². The third-order valence-electron chi connectivity index (χ3n) is 8.48. The van der Waals surface area contributed by atoms with Gasteiger partial charge in [-0.1, -0.05) is 37.3 Å². The summed E-state index contributed by atoms with van der Waals surface area (Å²) in [5.74, 6) is -0.148. The lowest BCUT2D eigenvalue weighted by Crippen LogP contribution is -2.66. The van der Waals surface area contributed by atoms with Gasteiger partial charge in [0.1, 0.15) is 5.60 Å². The van der Waals surface area contributed by atoms with E-state index < -0.39 is 16.7 Å². The van der Waals surface area contributed by atoms with Crippen molar-refractivity contribution < 1.29 is 14.6 Å². The zero-order valence-corrected chi connectivity index (χ0v) is 20.8. The first kappa shape index (κ1) is 22.5. The van der Waals surface area contributed by atoms with E-state index >= 15 is 0 Å². The molecule has 1 saturated carbocycles. The second kappa shape index (κ2) is 7.27. The number of carbonyl (C=O) groups is 1. The van der Waals surface area contributed by atoms with Crippen molar-refractivity contribution in [1.29, 1.82) is 0 Å². The molecule has 4 aliphatic rings. The van der Waals surface area contributed by atoms with Crippen LogP contribution in [0.15, 0.2) is 42.6 Å². The number of aliphatic hydroxyl groups is 1. The van der Waals surface area contributed by atoms with E-state index in [2.05, 4.69) is 63.6 Å². The molecule has 2 aromatic heterocycles. The lowest BCUT2D eigenvalue weighted by atomic mass is 9.62. The quantitative estimate of drug-likeness (QED) is 0.590. The van der Waals surface area contributed by atoms with Crippen molar-refractivity contribution in [2.45, 2.75) is 69.1 Å². The molecule has 35 heavy (non-hydrogen) atoms. The van der Waals surface area contributed by atoms with Crippen molar-refractivity contribution in [2.24, 2.45) is 0 Å². The van der Waals surface area contributed by atoms with Crippen molar-refractivity contribution in [3.8, 4) is 0 Å². The van der Waals surface area contributed by atoms with Crippen molar-refractivity contribution in [2.75, 3.05) is 24.6 Å². The third kappa shape index (κ3) is 3.45. The fraction of sp³-hybridized carbons (Fsp3) is 0.519. The van der Waals surface area contributed by atoms with Crippen LogP contribution in [0.5, 0.6) is 0 Å². The molecule has 8 nitrogen and oxygen atoms in total. The summed E-state index contributed by atoms with van der Waals surface area (Å²) in [5.41, 5.74) is 2.23. The van der Waals surface area contributed by atoms with E-state index in [9.17, 15) is 9.90 Å². The Morgan fingerprint density at radius 1 is 1.23 bits per heavy atom. The Morgan fingerprint density at radius 2 is 1.97 bits per heavy atom. The highest BCUT2D eigenvalue weighted by molar-refractivity contribution is 5.92. The maximum atomic E-state index is 13.1. The topological polar surface area (TPSA) is 92.0 Å². The number of anilines is 1. The molecule has 2 bridgehead atoms. The van der Waals surface area contributed by atoms with Crippen LogP contribution in [-0.4, -0.2) is 62.0 Å². The van der Waals surface area contributed by atoms with Crippen LogP contribution in [0.25, 0.3) is 5.65 Å². The monoisotopic (exact) mass is 475 g/mol. The minimum atomic E-state index is -0.946. The van der Waals surface area contributed by atoms with E-state index in [1.807, 2.05) is 13.1 Å². The summed E-state index contributed by atoms with van der Waals surface area (Å²) in [6.45, 7) is 10.1. The first-order valence-corrected chi connectivity index (χ1v) is 12.4. The minimum absolute atomic E-state index is 0.0985. The second-order valence-electron chi connectivity index (χ2n) is 11.6. The van der Waals surface area contributed by atoms with Gasteiger partial charge in [-0.2, -0.15) is 0 Å². The fourth-order valence-corrected chi connectivity index (χ4v) is 6.21. The highest BCUT2D eigenvalue weighted by Crippen LogP contribution is 2.56. The normalized spacial score (nSPS) is 30.0. The Bertz CT molecular complexity index is 1310. The van der Waals surface area contributed by atoms with Gasteiger partial charge in [0.2, 0.25) is 5.82 Å². The number of fused-ring (bicyclic) bond motifs is 2. The van der Waals surface area contributed by atoms with Crippen molar-refractivity contribution in [1.82, 2.24) is 19.9 Å². The highest BCUT2D eigenvalue weighted by atomic mass is 16.5. The molecule has 1 aliphatic carbocycles. The Hall–Kier alpha value is -2.97. The fourth-order valence-electron chi connectivity index (χ4n) is 6.21. The molecule has 3 saturated heterocycles. The number of aromatic nitrogens is 3. The van der Waals surface area contributed by atoms with Crippen molar-refractivity contribution in [3.05, 3.63) is 59.5 Å². The maximum absolute atomic E-state index is 13.1. The predicted octanol–water partition coefficient (Wildman–Crippen LogP) is 3.01. The Morgan fingerprint density at radius 3 is 2.66 bits per heavy atom. The molecule has 0 radical (unpaired) electrons. The van der Waals surface area contributed by atoms with E-state index in [-0.39, 0.29) is 17.1 Å². The van der Waals surface area contributed by atoms with E-state index in [1.165, 1.54) is 5.56 Å². The van der Waals surface area contributed by atoms with E-state index in [4.69, 9.17) is 4.74 Å². The molecule has 1 atom stereocenters. The summed E-state index contributed by atoms with van der Waals surface area (Å²) in [5, 5.41) is 18.1. The average Bonchev–Trinajstić information content (AvgIpc) is 3.55. The van der Waals surface area contributed by atoms with Crippen LogP contribution in [0, 0.1) is 6.92 Å². The summed E-state index contributed by atoms with van der Waals surface area (Å²) < 4.78 is 7.63. The van der Waals surface area contributed by atoms with Gasteiger partial charge in [-0.15, -0.1) is 5.10 Å². The molecular formula is C27H33N5O3. The van der Waals surface area contributed by atoms with E-state index in [0.717, 1.165) is 30.8 Å². The first-order valence-electron chi connectivity index (χ1n) is 12.4. The van der Waals surface area contributed by atoms with Gasteiger partial charge in [-0.3, -0.25) is 4.79 Å². The largest absolute Gasteiger partial charge is 0.387 e. The van der Waals surface area contributed by atoms with Gasteiger partial charge in [0.15, 0.2) is 5.65 Å². The van der Waals surface area contributed by atoms with Crippen LogP contribution < -0.4 is 10.2 Å². The van der Waals surface area contributed by atoms with Crippen LogP contribution in [0.2, 0.25) is 0 Å². The SMILES string of the molecule is Cc1cc(N2CC[C@](C)(c3ccccc3)C2)cn2nc(C(=O)NC34COC(C(C)(C)O)(C3)C4)nc12. The Balaban J connectivity index is 1.21. The average molecular weight is 476 g/mol. The molecule has 1 aromatic carbocycles. The molecule has 184 valence electrons. The van der Waals surface area contributed by atoms with Crippen molar-refractivity contribution >= 4 is 17.2 Å². The standard InChI is InChI=1S/C27H33N5O3/c1-18-12-20(31-11-10-25(4,16-31)19-8-6-5-7-9-19)13-32-22(18)28-21(30-32)23(33)29-26-14-27(15-26,35-17-26)24(2,3)34/h5-9,12-13,34H,10-11,14-17H2,1-4H3,(H,29,33)/t25-,26?,27?/m0/s1. The maximum Gasteiger partial charge on any atom is 0.291 e. The van der Waals surface area contributed by atoms with Crippen LogP contribution in [-0.2, 0) is 10.2 Å². The summed E-state index contributed by atoms with van der Waals surface area (Å²) >= 11 is 0. The predicted molar refractivity (Wildman–Crippen MR) is 133 cm³/mol. The number of benzene rings is 1. The number of amides is 1. The number of hydrogen-bond donors (Lipinski definition) is 2. The molecule has 5 heterocycles. The van der Waals surface area contributed by atoms with Crippen LogP contribution >= 0.6 is 0 Å². The second-order valence-corrected chi connectivity index (χ2v) is 11.6. The van der Waals surface area contributed by atoms with Gasteiger partial charge in [-0.05, 0) is 44.4 Å². The molecule has 4 fully saturated rings. The number of ether oxygens (including phenoxy) is 1. The molecule has 7 rings (SSSR count). The summed E-state index contributed by atoms with van der Waals surface area (Å²) in [6, 6.07) is 12.8. The van der Waals surface area contributed by atoms with Crippen molar-refractivity contribution in [3.63, 3.8) is 0 Å². The van der Waals surface area contributed by atoms with Gasteiger partial charge in [-0.25, -0.2) is 9.50 Å². The van der Waals surface area contributed by atoms with Gasteiger partial charge in [0, 0.05) is 31.3 Å². The molecule has 0 unspecified atom stereocenters. The summed E-state index contributed by atoms with van der Waals surface area (Å²) in [6.07, 6.45) is 4.25. The number of carbonyl (C=O) groups excluding carboxylic acids is 1. The lowest BCUT2D eigenvalue weighted by Gasteiger charge is -2.50. The molecule has 8 heteroatoms. The lowest BCUT2D eigenvalue weighted by molar-refractivity contribution is -0.153.